The van der Waals surface area contributed by atoms with Gasteiger partial charge in [0.15, 0.2) is 0 Å². The van der Waals surface area contributed by atoms with Gasteiger partial charge in [-0.2, -0.15) is 0 Å². The Morgan fingerprint density at radius 1 is 1.14 bits per heavy atom. The van der Waals surface area contributed by atoms with E-state index >= 15 is 0 Å². The van der Waals surface area contributed by atoms with Crippen LogP contribution in [-0.4, -0.2) is 14.1 Å². The van der Waals surface area contributed by atoms with Gasteiger partial charge in [-0.05, 0) is 40.3 Å². The van der Waals surface area contributed by atoms with Gasteiger partial charge in [0, 0.05) is 0 Å². The summed E-state index contributed by atoms with van der Waals surface area (Å²) in [7, 11) is 3.75. The van der Waals surface area contributed by atoms with E-state index in [1.807, 2.05) is 27.9 Å². The van der Waals surface area contributed by atoms with Gasteiger partial charge >= 0.3 is 0 Å². The first-order chi connectivity index (χ1) is 6.33. The summed E-state index contributed by atoms with van der Waals surface area (Å²) in [5.41, 5.74) is 2.51. The van der Waals surface area contributed by atoms with Gasteiger partial charge in [-0.25, -0.2) is 0 Å². The summed E-state index contributed by atoms with van der Waals surface area (Å²) in [5.74, 6) is 0.657. The number of hydrogen-bond donors (Lipinski definition) is 1. The predicted molar refractivity (Wildman–Crippen MR) is 69.7 cm³/mol. The molecule has 0 radical (unpaired) electrons. The van der Waals surface area contributed by atoms with Crippen LogP contribution in [0.2, 0.25) is 0 Å². The van der Waals surface area contributed by atoms with E-state index in [4.69, 9.17) is 0 Å². The van der Waals surface area contributed by atoms with Crippen LogP contribution in [0.1, 0.15) is 41.0 Å². The molecule has 0 aliphatic heterocycles. The Kier molecular flexibility index (Phi) is 20.4. The fourth-order valence-corrected chi connectivity index (χ4v) is 0. The van der Waals surface area contributed by atoms with E-state index < -0.39 is 0 Å². The quantitative estimate of drug-likeness (QED) is 0.662. The topological polar surface area (TPSA) is 12.0 Å². The van der Waals surface area contributed by atoms with Crippen LogP contribution < -0.4 is 5.32 Å². The van der Waals surface area contributed by atoms with Gasteiger partial charge in [-0.1, -0.05) is 38.5 Å². The first kappa shape index (κ1) is 19.1. The average Bonchev–Trinajstić information content (AvgIpc) is 2.06. The Bertz CT molecular complexity index is 134. The number of nitrogens with one attached hydrogen (secondary N) is 1. The monoisotopic (exact) mass is 199 g/mol. The predicted octanol–water partition coefficient (Wildman–Crippen LogP) is 4.03. The molecular weight excluding hydrogens is 170 g/mol. The fraction of sp³-hybridized carbons (Fsp3) is 0.692. The van der Waals surface area contributed by atoms with Crippen molar-refractivity contribution in [2.75, 3.05) is 14.1 Å². The second-order valence-electron chi connectivity index (χ2n) is 3.81. The maximum absolute atomic E-state index is 3.75. The van der Waals surface area contributed by atoms with Gasteiger partial charge in [0.25, 0.3) is 0 Å². The van der Waals surface area contributed by atoms with Crippen molar-refractivity contribution < 1.29 is 0 Å². The first-order valence-electron chi connectivity index (χ1n) is 5.21. The zero-order chi connectivity index (χ0) is 12.1. The fourth-order valence-electron chi connectivity index (χ4n) is 0. The van der Waals surface area contributed by atoms with Gasteiger partial charge in [0.2, 0.25) is 0 Å². The summed E-state index contributed by atoms with van der Waals surface area (Å²) < 4.78 is 0. The molecule has 0 spiro atoms. The SMILES string of the molecule is C=C(C)C(C)C.C=C(C)CC.CNC. The molecule has 0 aromatic heterocycles. The summed E-state index contributed by atoms with van der Waals surface area (Å²) >= 11 is 0. The van der Waals surface area contributed by atoms with Crippen molar-refractivity contribution in [3.63, 3.8) is 0 Å². The lowest BCUT2D eigenvalue weighted by molar-refractivity contribution is 0.773. The molecule has 0 heterocycles. The highest BCUT2D eigenvalue weighted by Crippen LogP contribution is 2.02. The third-order valence-electron chi connectivity index (χ3n) is 1.59. The van der Waals surface area contributed by atoms with E-state index in [1.165, 1.54) is 11.1 Å². The molecule has 0 saturated carbocycles. The average molecular weight is 199 g/mol. The smallest absolute Gasteiger partial charge is 0.0167 e. The molecule has 0 bridgehead atoms. The molecule has 0 aliphatic rings. The maximum Gasteiger partial charge on any atom is -0.0167 e. The molecule has 0 aromatic rings. The number of allylic oxidation sites excluding steroid dienone is 2. The second kappa shape index (κ2) is 14.9. The van der Waals surface area contributed by atoms with Crippen molar-refractivity contribution in [1.29, 1.82) is 0 Å². The highest BCUT2D eigenvalue weighted by atomic mass is 14.7. The van der Waals surface area contributed by atoms with E-state index in [1.54, 1.807) is 0 Å². The second-order valence-corrected chi connectivity index (χ2v) is 3.81. The van der Waals surface area contributed by atoms with Gasteiger partial charge < -0.3 is 5.32 Å². The molecule has 14 heavy (non-hydrogen) atoms. The van der Waals surface area contributed by atoms with E-state index in [2.05, 4.69) is 39.2 Å². The van der Waals surface area contributed by atoms with Crippen LogP contribution in [0.4, 0.5) is 0 Å². The van der Waals surface area contributed by atoms with Gasteiger partial charge in [0.05, 0.1) is 0 Å². The molecule has 1 heteroatoms. The molecule has 1 nitrogen and oxygen atoms in total. The number of rotatable bonds is 2. The summed E-state index contributed by atoms with van der Waals surface area (Å²) in [6, 6.07) is 0. The van der Waals surface area contributed by atoms with Crippen molar-refractivity contribution in [1.82, 2.24) is 5.32 Å². The van der Waals surface area contributed by atoms with E-state index in [-0.39, 0.29) is 0 Å². The molecule has 1 N–H and O–H groups in total. The molecule has 0 rings (SSSR count). The molecule has 0 atom stereocenters. The molecule has 0 unspecified atom stereocenters. The normalized spacial score (nSPS) is 8.00. The lowest BCUT2D eigenvalue weighted by Crippen LogP contribution is -1.89. The Hall–Kier alpha value is -0.560. The third kappa shape index (κ3) is 42.1. The van der Waals surface area contributed by atoms with Crippen molar-refractivity contribution >= 4 is 0 Å². The zero-order valence-electron chi connectivity index (χ0n) is 11.2. The van der Waals surface area contributed by atoms with Crippen LogP contribution in [0.15, 0.2) is 24.3 Å². The molecule has 0 aromatic carbocycles. The van der Waals surface area contributed by atoms with Crippen LogP contribution in [0.5, 0.6) is 0 Å². The van der Waals surface area contributed by atoms with Crippen molar-refractivity contribution in [3.05, 3.63) is 24.3 Å². The van der Waals surface area contributed by atoms with E-state index in [0.29, 0.717) is 5.92 Å². The van der Waals surface area contributed by atoms with Crippen LogP contribution in [0.3, 0.4) is 0 Å². The van der Waals surface area contributed by atoms with Gasteiger partial charge in [0.1, 0.15) is 0 Å². The largest absolute Gasteiger partial charge is 0.323 e. The van der Waals surface area contributed by atoms with E-state index in [0.717, 1.165) is 6.42 Å². The summed E-state index contributed by atoms with van der Waals surface area (Å²) in [5, 5.41) is 2.75. The van der Waals surface area contributed by atoms with Gasteiger partial charge in [-0.3, -0.25) is 0 Å². The zero-order valence-corrected chi connectivity index (χ0v) is 11.2. The Morgan fingerprint density at radius 2 is 1.29 bits per heavy atom. The maximum atomic E-state index is 3.75. The van der Waals surface area contributed by atoms with Gasteiger partial charge in [-0.15, -0.1) is 6.58 Å². The van der Waals surface area contributed by atoms with Crippen molar-refractivity contribution in [2.45, 2.75) is 41.0 Å². The molecule has 0 amide bonds. The Labute approximate surface area is 91.3 Å². The van der Waals surface area contributed by atoms with Crippen molar-refractivity contribution in [2.24, 2.45) is 5.92 Å². The third-order valence-corrected chi connectivity index (χ3v) is 1.59. The van der Waals surface area contributed by atoms with Crippen molar-refractivity contribution in [3.8, 4) is 0 Å². The molecule has 86 valence electrons. The summed E-state index contributed by atoms with van der Waals surface area (Å²) in [4.78, 5) is 0. The minimum absolute atomic E-state index is 0.657. The Morgan fingerprint density at radius 3 is 1.29 bits per heavy atom. The van der Waals surface area contributed by atoms with Crippen LogP contribution in [0, 0.1) is 5.92 Å². The molecule has 0 aliphatic carbocycles. The van der Waals surface area contributed by atoms with Crippen LogP contribution in [0.25, 0.3) is 0 Å². The molecular formula is C13H29N. The number of hydrogen-bond acceptors (Lipinski definition) is 1. The lowest BCUT2D eigenvalue weighted by Gasteiger charge is -1.97. The highest BCUT2D eigenvalue weighted by molar-refractivity contribution is 4.90. The minimum Gasteiger partial charge on any atom is -0.323 e. The minimum atomic E-state index is 0.657. The highest BCUT2D eigenvalue weighted by Gasteiger charge is 1.87. The standard InChI is InChI=1S/C6H12.C5H10.C2H7N/c1-5(2)6(3)4;1-4-5(2)3;1-3-2/h6H,1H2,2-4H3;2,4H2,1,3H3;3H,1-2H3. The summed E-state index contributed by atoms with van der Waals surface area (Å²) in [6.07, 6.45) is 1.11. The van der Waals surface area contributed by atoms with Crippen LogP contribution in [-0.2, 0) is 0 Å². The summed E-state index contributed by atoms with van der Waals surface area (Å²) in [6.45, 7) is 17.9. The first-order valence-corrected chi connectivity index (χ1v) is 5.21. The van der Waals surface area contributed by atoms with Crippen LogP contribution >= 0.6 is 0 Å². The molecule has 0 fully saturated rings. The molecule has 0 saturated heterocycles. The Balaban J connectivity index is -0.000000138. The van der Waals surface area contributed by atoms with E-state index in [9.17, 15) is 0 Å². The lowest BCUT2D eigenvalue weighted by atomic mass is 10.1.